The lowest BCUT2D eigenvalue weighted by Gasteiger charge is -2.37. The molecular weight excluding hydrogens is 310 g/mol. The number of hydrogen-bond acceptors (Lipinski definition) is 6. The van der Waals surface area contributed by atoms with E-state index in [0.717, 1.165) is 32.5 Å². The van der Waals surface area contributed by atoms with Gasteiger partial charge in [-0.1, -0.05) is 0 Å². The number of nitrogens with zero attached hydrogens (tertiary/aromatic N) is 3. The van der Waals surface area contributed by atoms with Crippen molar-refractivity contribution < 1.29 is 19.7 Å². The van der Waals surface area contributed by atoms with Gasteiger partial charge in [-0.05, 0) is 40.2 Å². The van der Waals surface area contributed by atoms with Crippen LogP contribution in [0.2, 0.25) is 0 Å². The Morgan fingerprint density at radius 1 is 1.17 bits per heavy atom. The van der Waals surface area contributed by atoms with Gasteiger partial charge in [0.25, 0.3) is 0 Å². The van der Waals surface area contributed by atoms with E-state index in [9.17, 15) is 15.0 Å². The molecule has 2 rings (SSSR count). The molecule has 2 atom stereocenters. The topological polar surface area (TPSA) is 76.5 Å². The number of ether oxygens (including phenoxy) is 1. The zero-order valence-electron chi connectivity index (χ0n) is 15.3. The number of aliphatic hydroxyl groups excluding tert-OH is 2. The van der Waals surface area contributed by atoms with Crippen molar-refractivity contribution in [1.29, 1.82) is 0 Å². The van der Waals surface area contributed by atoms with Crippen molar-refractivity contribution in [1.82, 2.24) is 14.7 Å². The van der Waals surface area contributed by atoms with Gasteiger partial charge in [0.2, 0.25) is 0 Å². The molecule has 0 aromatic heterocycles. The number of likely N-dealkylation sites (tertiary alicyclic amines) is 1. The van der Waals surface area contributed by atoms with Crippen LogP contribution in [0.25, 0.3) is 0 Å². The molecule has 0 saturated carbocycles. The van der Waals surface area contributed by atoms with Crippen LogP contribution in [-0.4, -0.2) is 101 Å². The van der Waals surface area contributed by atoms with Crippen molar-refractivity contribution in [2.24, 2.45) is 0 Å². The van der Waals surface area contributed by atoms with Crippen molar-refractivity contribution in [3.05, 3.63) is 0 Å². The van der Waals surface area contributed by atoms with Crippen LogP contribution >= 0.6 is 0 Å². The monoisotopic (exact) mass is 343 g/mol. The molecule has 2 saturated heterocycles. The SMILES string of the molecule is CC(C)(C)OC(=O)N1CCN(C[C@@H](O)CN2CCC[C@@H]2CO)CC1. The van der Waals surface area contributed by atoms with Crippen molar-refractivity contribution in [2.75, 3.05) is 52.4 Å². The number of aliphatic hydroxyl groups is 2. The largest absolute Gasteiger partial charge is 0.444 e. The average molecular weight is 343 g/mol. The fraction of sp³-hybridized carbons (Fsp3) is 0.941. The third kappa shape index (κ3) is 5.88. The van der Waals surface area contributed by atoms with Crippen LogP contribution in [0.15, 0.2) is 0 Å². The number of hydrogen-bond donors (Lipinski definition) is 2. The van der Waals surface area contributed by atoms with Gasteiger partial charge in [0.05, 0.1) is 12.7 Å². The minimum Gasteiger partial charge on any atom is -0.444 e. The smallest absolute Gasteiger partial charge is 0.410 e. The Morgan fingerprint density at radius 2 is 1.83 bits per heavy atom. The molecule has 0 bridgehead atoms. The lowest BCUT2D eigenvalue weighted by molar-refractivity contribution is 0.00694. The predicted octanol–water partition coefficient (Wildman–Crippen LogP) is 0.357. The summed E-state index contributed by atoms with van der Waals surface area (Å²) in [7, 11) is 0. The zero-order valence-corrected chi connectivity index (χ0v) is 15.3. The zero-order chi connectivity index (χ0) is 17.7. The molecule has 0 aliphatic carbocycles. The standard InChI is InChI=1S/C17H33N3O4/c1-17(2,3)24-16(23)19-9-7-18(8-10-19)11-15(22)12-20-6-4-5-14(20)13-21/h14-15,21-22H,4-13H2,1-3H3/t14-,15-/m1/s1. The molecule has 7 heteroatoms. The highest BCUT2D eigenvalue weighted by atomic mass is 16.6. The molecule has 0 aromatic rings. The van der Waals surface area contributed by atoms with E-state index in [0.29, 0.717) is 26.2 Å². The summed E-state index contributed by atoms with van der Waals surface area (Å²) in [4.78, 5) is 18.2. The van der Waals surface area contributed by atoms with Crippen LogP contribution < -0.4 is 0 Å². The molecule has 2 N–H and O–H groups in total. The van der Waals surface area contributed by atoms with Crippen LogP contribution in [0.4, 0.5) is 4.79 Å². The van der Waals surface area contributed by atoms with E-state index in [1.165, 1.54) is 0 Å². The van der Waals surface area contributed by atoms with Gasteiger partial charge in [-0.2, -0.15) is 0 Å². The maximum Gasteiger partial charge on any atom is 0.410 e. The van der Waals surface area contributed by atoms with Crippen LogP contribution in [0, 0.1) is 0 Å². The highest BCUT2D eigenvalue weighted by Gasteiger charge is 2.29. The van der Waals surface area contributed by atoms with Crippen LogP contribution in [0.1, 0.15) is 33.6 Å². The molecule has 0 aromatic carbocycles. The number of carbonyl (C=O) groups excluding carboxylic acids is 1. The van der Waals surface area contributed by atoms with E-state index in [2.05, 4.69) is 9.80 Å². The van der Waals surface area contributed by atoms with E-state index in [4.69, 9.17) is 4.74 Å². The number of piperazine rings is 1. The quantitative estimate of drug-likeness (QED) is 0.750. The first-order chi connectivity index (χ1) is 11.3. The second kappa shape index (κ2) is 8.47. The molecular formula is C17H33N3O4. The summed E-state index contributed by atoms with van der Waals surface area (Å²) >= 11 is 0. The summed E-state index contributed by atoms with van der Waals surface area (Å²) < 4.78 is 5.40. The molecule has 0 unspecified atom stereocenters. The third-order valence-corrected chi connectivity index (χ3v) is 4.65. The molecule has 140 valence electrons. The van der Waals surface area contributed by atoms with Gasteiger partial charge in [-0.3, -0.25) is 9.80 Å². The van der Waals surface area contributed by atoms with Gasteiger partial charge in [-0.15, -0.1) is 0 Å². The first kappa shape index (κ1) is 19.4. The fourth-order valence-corrected chi connectivity index (χ4v) is 3.41. The minimum atomic E-state index is -0.469. The van der Waals surface area contributed by atoms with Crippen molar-refractivity contribution in [3.63, 3.8) is 0 Å². The Labute approximate surface area is 145 Å². The summed E-state index contributed by atoms with van der Waals surface area (Å²) in [6.45, 7) is 10.7. The summed E-state index contributed by atoms with van der Waals surface area (Å²) in [6.07, 6.45) is 1.42. The Morgan fingerprint density at radius 3 is 2.42 bits per heavy atom. The van der Waals surface area contributed by atoms with Gasteiger partial charge < -0.3 is 19.8 Å². The Bertz CT molecular complexity index is 405. The summed E-state index contributed by atoms with van der Waals surface area (Å²) in [5.74, 6) is 0. The number of β-amino-alcohol motifs (C(OH)–C–C–N with tert-alkyl or cyclic N) is 1. The van der Waals surface area contributed by atoms with Crippen molar-refractivity contribution >= 4 is 6.09 Å². The molecule has 24 heavy (non-hydrogen) atoms. The lowest BCUT2D eigenvalue weighted by atomic mass is 10.2. The minimum absolute atomic E-state index is 0.168. The molecule has 0 spiro atoms. The lowest BCUT2D eigenvalue weighted by Crippen LogP contribution is -2.52. The molecule has 2 aliphatic rings. The molecule has 0 radical (unpaired) electrons. The van der Waals surface area contributed by atoms with Gasteiger partial charge >= 0.3 is 6.09 Å². The van der Waals surface area contributed by atoms with Gasteiger partial charge in [0, 0.05) is 45.3 Å². The Hall–Kier alpha value is -0.890. The van der Waals surface area contributed by atoms with Crippen molar-refractivity contribution in [2.45, 2.75) is 51.4 Å². The Balaban J connectivity index is 1.70. The maximum absolute atomic E-state index is 12.0. The highest BCUT2D eigenvalue weighted by Crippen LogP contribution is 2.17. The summed E-state index contributed by atoms with van der Waals surface area (Å²) in [6, 6.07) is 0.198. The van der Waals surface area contributed by atoms with E-state index in [-0.39, 0.29) is 18.7 Å². The highest BCUT2D eigenvalue weighted by molar-refractivity contribution is 5.68. The van der Waals surface area contributed by atoms with Gasteiger partial charge in [0.15, 0.2) is 0 Å². The number of carbonyl (C=O) groups is 1. The fourth-order valence-electron chi connectivity index (χ4n) is 3.41. The van der Waals surface area contributed by atoms with Crippen LogP contribution in [-0.2, 0) is 4.74 Å². The average Bonchev–Trinajstić information content (AvgIpc) is 2.93. The van der Waals surface area contributed by atoms with Crippen LogP contribution in [0.3, 0.4) is 0 Å². The second-order valence-corrected chi connectivity index (χ2v) is 7.90. The molecule has 2 heterocycles. The second-order valence-electron chi connectivity index (χ2n) is 7.90. The molecule has 2 aliphatic heterocycles. The molecule has 2 fully saturated rings. The summed E-state index contributed by atoms with van der Waals surface area (Å²) in [5.41, 5.74) is -0.469. The van der Waals surface area contributed by atoms with E-state index in [1.54, 1.807) is 4.90 Å². The first-order valence-electron chi connectivity index (χ1n) is 9.02. The van der Waals surface area contributed by atoms with E-state index < -0.39 is 11.7 Å². The predicted molar refractivity (Wildman–Crippen MR) is 91.9 cm³/mol. The van der Waals surface area contributed by atoms with Gasteiger partial charge in [0.1, 0.15) is 5.60 Å². The van der Waals surface area contributed by atoms with E-state index in [1.807, 2.05) is 20.8 Å². The Kier molecular flexibility index (Phi) is 6.86. The normalized spacial score (nSPS) is 25.0. The van der Waals surface area contributed by atoms with Crippen LogP contribution in [0.5, 0.6) is 0 Å². The maximum atomic E-state index is 12.0. The molecule has 7 nitrogen and oxygen atoms in total. The van der Waals surface area contributed by atoms with Crippen molar-refractivity contribution in [3.8, 4) is 0 Å². The first-order valence-corrected chi connectivity index (χ1v) is 9.02. The molecule has 1 amide bonds. The third-order valence-electron chi connectivity index (χ3n) is 4.65. The van der Waals surface area contributed by atoms with E-state index >= 15 is 0 Å². The summed E-state index contributed by atoms with van der Waals surface area (Å²) in [5, 5.41) is 19.7. The number of rotatable bonds is 5. The number of amides is 1. The van der Waals surface area contributed by atoms with Gasteiger partial charge in [-0.25, -0.2) is 4.79 Å².